The molecule has 69 heavy (non-hydrogen) atoms. The van der Waals surface area contributed by atoms with Gasteiger partial charge in [0.25, 0.3) is 0 Å². The van der Waals surface area contributed by atoms with Crippen molar-refractivity contribution < 1.29 is 4.42 Å². The molecule has 1 aromatic heterocycles. The minimum atomic E-state index is -0.268. The van der Waals surface area contributed by atoms with Gasteiger partial charge in [-0.2, -0.15) is 0 Å². The molecule has 0 radical (unpaired) electrons. The molecule has 2 atom stereocenters. The van der Waals surface area contributed by atoms with Crippen LogP contribution in [0.15, 0.2) is 253 Å². The van der Waals surface area contributed by atoms with E-state index in [0.29, 0.717) is 5.92 Å². The summed E-state index contributed by atoms with van der Waals surface area (Å²) in [6, 6.07) is 82.4. The Labute approximate surface area is 403 Å². The molecular weight excluding hydrogens is 835 g/mol. The Balaban J connectivity index is 1.06. The molecule has 0 saturated carbocycles. The molecule has 0 saturated heterocycles. The van der Waals surface area contributed by atoms with Gasteiger partial charge in [0.05, 0.1) is 17.1 Å². The quantitative estimate of drug-likeness (QED) is 0.151. The van der Waals surface area contributed by atoms with Crippen LogP contribution in [-0.2, 0) is 5.41 Å². The van der Waals surface area contributed by atoms with Crippen molar-refractivity contribution in [1.82, 2.24) is 0 Å². The van der Waals surface area contributed by atoms with Gasteiger partial charge < -0.3 is 9.32 Å². The zero-order chi connectivity index (χ0) is 46.1. The summed E-state index contributed by atoms with van der Waals surface area (Å²) in [5, 5.41) is 4.66. The van der Waals surface area contributed by atoms with E-state index in [1.807, 2.05) is 6.07 Å². The normalized spacial score (nSPS) is 16.1. The number of hydrogen-bond donors (Lipinski definition) is 0. The zero-order valence-corrected chi connectivity index (χ0v) is 38.7. The lowest BCUT2D eigenvalue weighted by Gasteiger charge is -2.34. The molecule has 10 aromatic carbocycles. The number of fused-ring (bicyclic) bond motifs is 7. The maximum Gasteiger partial charge on any atom is 0.135 e. The van der Waals surface area contributed by atoms with E-state index in [9.17, 15) is 0 Å². The highest BCUT2D eigenvalue weighted by molar-refractivity contribution is 6.10. The van der Waals surface area contributed by atoms with Gasteiger partial charge in [-0.1, -0.05) is 213 Å². The van der Waals surface area contributed by atoms with Crippen LogP contribution < -0.4 is 4.90 Å². The minimum Gasteiger partial charge on any atom is -0.456 e. The van der Waals surface area contributed by atoms with Crippen molar-refractivity contribution in [1.29, 1.82) is 0 Å². The lowest BCUT2D eigenvalue weighted by molar-refractivity contribution is 0.590. The molecule has 2 aliphatic rings. The first-order valence-electron chi connectivity index (χ1n) is 24.2. The highest BCUT2D eigenvalue weighted by atomic mass is 16.3. The second-order valence-electron chi connectivity index (χ2n) is 19.0. The third-order valence-corrected chi connectivity index (χ3v) is 14.9. The summed E-state index contributed by atoms with van der Waals surface area (Å²) < 4.78 is 6.36. The lowest BCUT2D eigenvalue weighted by Crippen LogP contribution is -2.25. The average Bonchev–Trinajstić information content (AvgIpc) is 3.91. The molecule has 0 amide bonds. The molecule has 2 heteroatoms. The van der Waals surface area contributed by atoms with E-state index < -0.39 is 0 Å². The Morgan fingerprint density at radius 3 is 1.75 bits per heavy atom. The monoisotopic (exact) mass is 883 g/mol. The van der Waals surface area contributed by atoms with E-state index >= 15 is 0 Å². The topological polar surface area (TPSA) is 16.4 Å². The standard InChI is InChI=1S/C67H49NO/c1-44-19-16-24-49(41-44)67(2)59-32-11-6-27-53(59)54-39-37-48(43-60(54)67)51-26-8-13-34-62(51)68(61-33-12-7-25-50(61)47-38-40-65-58(42-47)56-29-10-15-36-64(56)69-65)63-35-14-9-28-55(63)57-31-18-23-46-22-17-30-52(66(46)57)45-20-4-3-5-21-45/h3-40,42-44H,41H2,1-2H3. The predicted octanol–water partition coefficient (Wildman–Crippen LogP) is 18.7. The third-order valence-electron chi connectivity index (χ3n) is 14.9. The van der Waals surface area contributed by atoms with Gasteiger partial charge >= 0.3 is 0 Å². The van der Waals surface area contributed by atoms with Gasteiger partial charge in [0.2, 0.25) is 0 Å². The summed E-state index contributed by atoms with van der Waals surface area (Å²) in [6.07, 6.45) is 8.01. The Morgan fingerprint density at radius 2 is 1.00 bits per heavy atom. The Bertz CT molecular complexity index is 3860. The van der Waals surface area contributed by atoms with Crippen molar-refractivity contribution in [3.05, 3.63) is 259 Å². The Morgan fingerprint density at radius 1 is 0.435 bits per heavy atom. The first kappa shape index (κ1) is 40.8. The van der Waals surface area contributed by atoms with E-state index in [1.54, 1.807) is 0 Å². The lowest BCUT2D eigenvalue weighted by atomic mass is 9.69. The number of anilines is 3. The molecule has 2 unspecified atom stereocenters. The number of hydrogen-bond acceptors (Lipinski definition) is 2. The summed E-state index contributed by atoms with van der Waals surface area (Å²) in [5.74, 6) is 0.481. The van der Waals surface area contributed by atoms with Crippen molar-refractivity contribution in [3.63, 3.8) is 0 Å². The fraction of sp³-hybridized carbons (Fsp3) is 0.0746. The smallest absolute Gasteiger partial charge is 0.135 e. The van der Waals surface area contributed by atoms with Crippen molar-refractivity contribution in [2.45, 2.75) is 25.7 Å². The van der Waals surface area contributed by atoms with Crippen LogP contribution in [0.5, 0.6) is 0 Å². The minimum absolute atomic E-state index is 0.268. The second kappa shape index (κ2) is 16.4. The summed E-state index contributed by atoms with van der Waals surface area (Å²) in [6.45, 7) is 4.79. The molecule has 2 nitrogen and oxygen atoms in total. The number of furan rings is 1. The number of para-hydroxylation sites is 4. The van der Waals surface area contributed by atoms with Crippen LogP contribution >= 0.6 is 0 Å². The third kappa shape index (κ3) is 6.62. The van der Waals surface area contributed by atoms with Crippen molar-refractivity contribution in [2.24, 2.45) is 5.92 Å². The van der Waals surface area contributed by atoms with Gasteiger partial charge in [0.15, 0.2) is 0 Å². The van der Waals surface area contributed by atoms with Crippen LogP contribution in [0.2, 0.25) is 0 Å². The Kier molecular flexibility index (Phi) is 9.69. The first-order chi connectivity index (χ1) is 34.0. The molecular formula is C67H49NO. The van der Waals surface area contributed by atoms with E-state index in [0.717, 1.165) is 67.7 Å². The van der Waals surface area contributed by atoms with Gasteiger partial charge in [0.1, 0.15) is 11.2 Å². The van der Waals surface area contributed by atoms with Crippen molar-refractivity contribution in [3.8, 4) is 55.6 Å². The number of rotatable bonds is 8. The van der Waals surface area contributed by atoms with Gasteiger partial charge in [0, 0.05) is 32.9 Å². The molecule has 13 rings (SSSR count). The van der Waals surface area contributed by atoms with Crippen LogP contribution in [0.4, 0.5) is 17.1 Å². The molecule has 2 aliphatic carbocycles. The molecule has 328 valence electrons. The largest absolute Gasteiger partial charge is 0.456 e. The van der Waals surface area contributed by atoms with Gasteiger partial charge in [-0.25, -0.2) is 0 Å². The highest BCUT2D eigenvalue weighted by Gasteiger charge is 2.42. The van der Waals surface area contributed by atoms with Crippen molar-refractivity contribution in [2.75, 3.05) is 4.90 Å². The summed E-state index contributed by atoms with van der Waals surface area (Å²) in [4.78, 5) is 2.53. The van der Waals surface area contributed by atoms with Crippen LogP contribution in [0.3, 0.4) is 0 Å². The average molecular weight is 884 g/mol. The molecule has 0 aliphatic heterocycles. The van der Waals surface area contributed by atoms with E-state index in [4.69, 9.17) is 4.42 Å². The van der Waals surface area contributed by atoms with Crippen LogP contribution in [0.1, 0.15) is 31.4 Å². The molecule has 0 fully saturated rings. The summed E-state index contributed by atoms with van der Waals surface area (Å²) in [7, 11) is 0. The summed E-state index contributed by atoms with van der Waals surface area (Å²) in [5.41, 5.74) is 21.0. The van der Waals surface area contributed by atoms with Gasteiger partial charge in [-0.05, 0) is 123 Å². The molecule has 1 heterocycles. The van der Waals surface area contributed by atoms with E-state index in [2.05, 4.69) is 255 Å². The van der Waals surface area contributed by atoms with Crippen LogP contribution in [0.25, 0.3) is 88.3 Å². The molecule has 0 N–H and O–H groups in total. The molecule has 0 spiro atoms. The highest BCUT2D eigenvalue weighted by Crippen LogP contribution is 2.56. The SMILES string of the molecule is CC1C=CC=C(C2(C)c3ccccc3-c3ccc(-c4ccccc4N(c4ccccc4-c4ccc5oc6ccccc6c5c4)c4ccccc4-c4cccc5cccc(-c6ccccc6)c45)cc32)C1. The first-order valence-corrected chi connectivity index (χ1v) is 24.2. The van der Waals surface area contributed by atoms with Crippen LogP contribution in [-0.4, -0.2) is 0 Å². The van der Waals surface area contributed by atoms with E-state index in [1.165, 1.54) is 60.9 Å². The van der Waals surface area contributed by atoms with Gasteiger partial charge in [-0.15, -0.1) is 0 Å². The zero-order valence-electron chi connectivity index (χ0n) is 38.7. The predicted molar refractivity (Wildman–Crippen MR) is 291 cm³/mol. The fourth-order valence-corrected chi connectivity index (χ4v) is 11.6. The maximum atomic E-state index is 6.36. The number of benzene rings is 10. The Hall–Kier alpha value is -8.46. The molecule has 11 aromatic rings. The van der Waals surface area contributed by atoms with Crippen molar-refractivity contribution >= 4 is 49.8 Å². The van der Waals surface area contributed by atoms with E-state index in [-0.39, 0.29) is 5.41 Å². The van der Waals surface area contributed by atoms with Gasteiger partial charge in [-0.3, -0.25) is 0 Å². The second-order valence-corrected chi connectivity index (χ2v) is 19.0. The molecule has 0 bridgehead atoms. The number of allylic oxidation sites excluding steroid dienone is 4. The van der Waals surface area contributed by atoms with Crippen LogP contribution in [0, 0.1) is 5.92 Å². The summed E-state index contributed by atoms with van der Waals surface area (Å²) >= 11 is 0. The fourth-order valence-electron chi connectivity index (χ4n) is 11.6. The maximum absolute atomic E-state index is 6.36. The number of nitrogens with zero attached hydrogens (tertiary/aromatic N) is 1.